The molecule has 0 spiro atoms. The number of hydrogen-bond acceptors (Lipinski definition) is 8. The fourth-order valence-corrected chi connectivity index (χ4v) is 2.62. The molecule has 4 aromatic rings. The van der Waals surface area contributed by atoms with Crippen molar-refractivity contribution in [3.05, 3.63) is 68.0 Å². The number of nitrogens with zero attached hydrogens (tertiary/aromatic N) is 6. The van der Waals surface area contributed by atoms with Gasteiger partial charge in [-0.25, -0.2) is 0 Å². The minimum absolute atomic E-state index is 0.0110. The number of anilines is 2. The molecular weight excluding hydrogens is 350 g/mol. The van der Waals surface area contributed by atoms with Crippen molar-refractivity contribution in [3.63, 3.8) is 0 Å². The Labute approximate surface area is 151 Å². The van der Waals surface area contributed by atoms with Crippen LogP contribution < -0.4 is 32.4 Å². The Hall–Kier alpha value is -4.02. The highest BCUT2D eigenvalue weighted by molar-refractivity contribution is 5.78. The van der Waals surface area contributed by atoms with Crippen LogP contribution in [0.4, 0.5) is 11.6 Å². The molecule has 3 N–H and O–H groups in total. The molecular formula is C16H15N9O2. The normalized spacial score (nSPS) is 12.8. The first-order valence-electron chi connectivity index (χ1n) is 7.97. The van der Waals surface area contributed by atoms with Crippen molar-refractivity contribution in [1.29, 1.82) is 0 Å². The van der Waals surface area contributed by atoms with Gasteiger partial charge in [0.05, 0.1) is 17.9 Å². The second-order valence-corrected chi connectivity index (χ2v) is 5.75. The monoisotopic (exact) mass is 365 g/mol. The number of benzene rings is 1. The van der Waals surface area contributed by atoms with E-state index in [1.165, 1.54) is 0 Å². The lowest BCUT2D eigenvalue weighted by molar-refractivity contribution is 0.770. The first kappa shape index (κ1) is 16.4. The summed E-state index contributed by atoms with van der Waals surface area (Å²) in [6.45, 7) is 0. The van der Waals surface area contributed by atoms with Gasteiger partial charge >= 0.3 is 0 Å². The average Bonchev–Trinajstić information content (AvgIpc) is 3.38. The molecule has 11 nitrogen and oxygen atoms in total. The molecule has 11 heteroatoms. The van der Waals surface area contributed by atoms with Crippen LogP contribution in [0.2, 0.25) is 0 Å². The SMILES string of the molecule is Cn1nccc1NN=c1c(=O)c(=O)c(=NNc2ccnn2C)c2[nH]ccc12. The molecule has 0 fully saturated rings. The molecule has 0 bridgehead atoms. The number of rotatable bonds is 4. The van der Waals surface area contributed by atoms with Gasteiger partial charge in [-0.2, -0.15) is 20.4 Å². The van der Waals surface area contributed by atoms with Crippen LogP contribution in [0.1, 0.15) is 0 Å². The second-order valence-electron chi connectivity index (χ2n) is 5.75. The molecule has 0 saturated heterocycles. The van der Waals surface area contributed by atoms with Crippen LogP contribution in [0.15, 0.2) is 56.6 Å². The molecule has 27 heavy (non-hydrogen) atoms. The van der Waals surface area contributed by atoms with Crippen LogP contribution >= 0.6 is 0 Å². The molecule has 3 heterocycles. The summed E-state index contributed by atoms with van der Waals surface area (Å²) in [4.78, 5) is 28.1. The van der Waals surface area contributed by atoms with Crippen molar-refractivity contribution in [1.82, 2.24) is 24.5 Å². The lowest BCUT2D eigenvalue weighted by Crippen LogP contribution is -2.48. The smallest absolute Gasteiger partial charge is 0.257 e. The highest BCUT2D eigenvalue weighted by Crippen LogP contribution is 2.04. The Balaban J connectivity index is 1.87. The van der Waals surface area contributed by atoms with Crippen LogP contribution in [0.5, 0.6) is 0 Å². The maximum absolute atomic E-state index is 12.6. The number of aryl methyl sites for hydroxylation is 2. The van der Waals surface area contributed by atoms with Crippen molar-refractivity contribution >= 4 is 22.5 Å². The van der Waals surface area contributed by atoms with E-state index in [9.17, 15) is 9.59 Å². The quantitative estimate of drug-likeness (QED) is 0.316. The molecule has 0 unspecified atom stereocenters. The van der Waals surface area contributed by atoms with E-state index >= 15 is 0 Å². The van der Waals surface area contributed by atoms with E-state index in [-0.39, 0.29) is 10.7 Å². The van der Waals surface area contributed by atoms with E-state index in [4.69, 9.17) is 0 Å². The van der Waals surface area contributed by atoms with Crippen molar-refractivity contribution in [3.8, 4) is 0 Å². The van der Waals surface area contributed by atoms with Gasteiger partial charge in [0.15, 0.2) is 5.36 Å². The van der Waals surface area contributed by atoms with Gasteiger partial charge in [0.25, 0.3) is 10.9 Å². The fraction of sp³-hybridized carbons (Fsp3) is 0.125. The maximum atomic E-state index is 12.6. The van der Waals surface area contributed by atoms with Crippen molar-refractivity contribution in [2.45, 2.75) is 0 Å². The summed E-state index contributed by atoms with van der Waals surface area (Å²) in [7, 11) is 3.46. The molecule has 0 aliphatic rings. The zero-order valence-corrected chi connectivity index (χ0v) is 14.5. The van der Waals surface area contributed by atoms with Crippen LogP contribution in [0, 0.1) is 0 Å². The number of aromatic amines is 1. The van der Waals surface area contributed by atoms with Crippen LogP contribution in [-0.2, 0) is 14.1 Å². The third-order valence-electron chi connectivity index (χ3n) is 4.08. The number of aromatic nitrogens is 5. The summed E-state index contributed by atoms with van der Waals surface area (Å²) in [5, 5.41) is 16.7. The Morgan fingerprint density at radius 3 is 2.00 bits per heavy atom. The predicted octanol–water partition coefficient (Wildman–Crippen LogP) is -0.913. The van der Waals surface area contributed by atoms with Crippen molar-refractivity contribution in [2.24, 2.45) is 24.3 Å². The molecule has 0 radical (unpaired) electrons. The Bertz CT molecular complexity index is 1250. The zero-order chi connectivity index (χ0) is 19.0. The summed E-state index contributed by atoms with van der Waals surface area (Å²) in [5.74, 6) is 1.16. The number of H-pyrrole nitrogens is 1. The zero-order valence-electron chi connectivity index (χ0n) is 14.5. The van der Waals surface area contributed by atoms with Gasteiger partial charge in [-0.1, -0.05) is 0 Å². The standard InChI is InChI=1S/C16H15N9O2/c1-24-10(4-7-18-24)20-22-13-9-3-6-17-12(9)14(16(27)15(13)26)23-21-11-5-8-19-25(11)2/h3-8,17,20-21H,1-2H3. The van der Waals surface area contributed by atoms with E-state index in [0.717, 1.165) is 0 Å². The van der Waals surface area contributed by atoms with E-state index < -0.39 is 10.9 Å². The summed E-state index contributed by atoms with van der Waals surface area (Å²) >= 11 is 0. The summed E-state index contributed by atoms with van der Waals surface area (Å²) in [6.07, 6.45) is 4.80. The van der Waals surface area contributed by atoms with Crippen LogP contribution in [0.25, 0.3) is 10.9 Å². The Kier molecular flexibility index (Phi) is 3.88. The molecule has 3 aromatic heterocycles. The van der Waals surface area contributed by atoms with Gasteiger partial charge < -0.3 is 4.98 Å². The largest absolute Gasteiger partial charge is 0.359 e. The van der Waals surface area contributed by atoms with Gasteiger partial charge in [-0.05, 0) is 6.07 Å². The minimum Gasteiger partial charge on any atom is -0.359 e. The van der Waals surface area contributed by atoms with Crippen LogP contribution in [0.3, 0.4) is 0 Å². The third-order valence-corrected chi connectivity index (χ3v) is 4.08. The molecule has 1 aromatic carbocycles. The summed E-state index contributed by atoms with van der Waals surface area (Å²) < 4.78 is 3.11. The van der Waals surface area contributed by atoms with Gasteiger partial charge in [0, 0.05) is 37.8 Å². The molecule has 0 aliphatic heterocycles. The second kappa shape index (κ2) is 6.37. The number of hydrogen-bond donors (Lipinski definition) is 3. The molecule has 0 atom stereocenters. The lowest BCUT2D eigenvalue weighted by Gasteiger charge is -2.00. The highest BCUT2D eigenvalue weighted by Gasteiger charge is 2.11. The molecule has 4 rings (SSSR count). The first-order valence-corrected chi connectivity index (χ1v) is 7.97. The molecule has 0 aliphatic carbocycles. The highest BCUT2D eigenvalue weighted by atomic mass is 16.2. The summed E-state index contributed by atoms with van der Waals surface area (Å²) in [5.41, 5.74) is 4.41. The first-order chi connectivity index (χ1) is 13.1. The summed E-state index contributed by atoms with van der Waals surface area (Å²) in [6, 6.07) is 5.06. The molecule has 0 saturated carbocycles. The van der Waals surface area contributed by atoms with Crippen molar-refractivity contribution in [2.75, 3.05) is 10.9 Å². The van der Waals surface area contributed by atoms with Crippen LogP contribution in [-0.4, -0.2) is 24.5 Å². The fourth-order valence-electron chi connectivity index (χ4n) is 2.62. The predicted molar refractivity (Wildman–Crippen MR) is 98.0 cm³/mol. The molecule has 0 amide bonds. The maximum Gasteiger partial charge on any atom is 0.257 e. The minimum atomic E-state index is -0.759. The Morgan fingerprint density at radius 1 is 0.889 bits per heavy atom. The number of fused-ring (bicyclic) bond motifs is 1. The average molecular weight is 365 g/mol. The van der Waals surface area contributed by atoms with E-state index in [1.807, 2.05) is 0 Å². The molecule has 136 valence electrons. The van der Waals surface area contributed by atoms with E-state index in [2.05, 4.69) is 36.2 Å². The van der Waals surface area contributed by atoms with Gasteiger partial charge in [0.1, 0.15) is 17.0 Å². The lowest BCUT2D eigenvalue weighted by atomic mass is 10.2. The van der Waals surface area contributed by atoms with E-state index in [0.29, 0.717) is 22.5 Å². The van der Waals surface area contributed by atoms with Gasteiger partial charge in [-0.15, -0.1) is 0 Å². The Morgan fingerprint density at radius 2 is 1.44 bits per heavy atom. The number of nitrogens with one attached hydrogen (secondary N) is 3. The third kappa shape index (κ3) is 2.80. The topological polar surface area (TPSA) is 134 Å². The van der Waals surface area contributed by atoms with Crippen molar-refractivity contribution < 1.29 is 0 Å². The van der Waals surface area contributed by atoms with Gasteiger partial charge in [0.2, 0.25) is 0 Å². The van der Waals surface area contributed by atoms with Gasteiger partial charge in [-0.3, -0.25) is 29.8 Å². The van der Waals surface area contributed by atoms with E-state index in [1.54, 1.807) is 60.2 Å².